The number of fused-ring (bicyclic) bond motifs is 5. The van der Waals surface area contributed by atoms with Crippen LogP contribution in [0.2, 0.25) is 0 Å². The molecule has 0 N–H and O–H groups in total. The first-order valence-electron chi connectivity index (χ1n) is 10.6. The van der Waals surface area contributed by atoms with Gasteiger partial charge in [0.2, 0.25) is 5.91 Å². The second-order valence-corrected chi connectivity index (χ2v) is 8.71. The summed E-state index contributed by atoms with van der Waals surface area (Å²) in [6.07, 6.45) is 3.86. The summed E-state index contributed by atoms with van der Waals surface area (Å²) >= 11 is 0. The van der Waals surface area contributed by atoms with Crippen LogP contribution in [-0.4, -0.2) is 31.6 Å². The zero-order valence-corrected chi connectivity index (χ0v) is 18.2. The fourth-order valence-corrected chi connectivity index (χ4v) is 5.33. The quantitative estimate of drug-likeness (QED) is 0.731. The van der Waals surface area contributed by atoms with E-state index in [1.165, 1.54) is 16.7 Å². The Morgan fingerprint density at radius 1 is 1.00 bits per heavy atom. The second kappa shape index (κ2) is 7.08. The fourth-order valence-electron chi connectivity index (χ4n) is 5.33. The van der Waals surface area contributed by atoms with Crippen molar-refractivity contribution >= 4 is 5.91 Å². The lowest BCUT2D eigenvalue weighted by molar-refractivity contribution is -0.145. The van der Waals surface area contributed by atoms with Gasteiger partial charge in [-0.2, -0.15) is 0 Å². The fraction of sp³-hybridized carbons (Fsp3) is 0.480. The number of amides is 1. The number of unbranched alkanes of at least 4 members (excludes halogenated alkanes) is 1. The number of nitrogens with zero attached hydrogens (tertiary/aromatic N) is 1. The van der Waals surface area contributed by atoms with Crippen molar-refractivity contribution in [3.8, 4) is 11.5 Å². The number of ether oxygens (including phenoxy) is 2. The lowest BCUT2D eigenvalue weighted by Gasteiger charge is -2.56. The maximum Gasteiger partial charge on any atom is 0.233 e. The molecule has 29 heavy (non-hydrogen) atoms. The molecule has 1 amide bonds. The number of rotatable bonds is 5. The van der Waals surface area contributed by atoms with Gasteiger partial charge in [-0.05, 0) is 61.1 Å². The SMILES string of the molecule is CCCCC12c3cc(OC)c(OC)cc3CCN1C(=O)C(C)(C)c1ccccc12. The van der Waals surface area contributed by atoms with Crippen LogP contribution in [0.4, 0.5) is 0 Å². The van der Waals surface area contributed by atoms with Gasteiger partial charge in [-0.1, -0.05) is 44.0 Å². The molecule has 2 aliphatic heterocycles. The molecule has 0 bridgehead atoms. The standard InChI is InChI=1S/C25H31NO3/c1-6-7-13-25-19-11-9-8-10-18(19)24(2,3)23(27)26(25)14-12-17-15-21(28-4)22(29-5)16-20(17)25/h8-11,15-16H,6-7,12-14H2,1-5H3. The first kappa shape index (κ1) is 19.8. The summed E-state index contributed by atoms with van der Waals surface area (Å²) in [5.74, 6) is 1.69. The van der Waals surface area contributed by atoms with Gasteiger partial charge in [0.15, 0.2) is 11.5 Å². The van der Waals surface area contributed by atoms with E-state index >= 15 is 0 Å². The Morgan fingerprint density at radius 3 is 2.31 bits per heavy atom. The highest BCUT2D eigenvalue weighted by Crippen LogP contribution is 2.54. The third kappa shape index (κ3) is 2.68. The molecule has 0 spiro atoms. The van der Waals surface area contributed by atoms with Crippen molar-refractivity contribution in [2.75, 3.05) is 20.8 Å². The van der Waals surface area contributed by atoms with Gasteiger partial charge in [0.05, 0.1) is 25.2 Å². The Kier molecular flexibility index (Phi) is 4.84. The van der Waals surface area contributed by atoms with Crippen LogP contribution in [0.1, 0.15) is 62.3 Å². The molecule has 4 rings (SSSR count). The van der Waals surface area contributed by atoms with Gasteiger partial charge in [0.1, 0.15) is 0 Å². The van der Waals surface area contributed by atoms with Crippen LogP contribution >= 0.6 is 0 Å². The Balaban J connectivity index is 2.07. The monoisotopic (exact) mass is 393 g/mol. The van der Waals surface area contributed by atoms with E-state index in [2.05, 4.69) is 62.1 Å². The zero-order chi connectivity index (χ0) is 20.8. The number of benzene rings is 2. The van der Waals surface area contributed by atoms with E-state index in [0.29, 0.717) is 0 Å². The van der Waals surface area contributed by atoms with Crippen molar-refractivity contribution in [3.63, 3.8) is 0 Å². The highest BCUT2D eigenvalue weighted by Gasteiger charge is 2.55. The smallest absolute Gasteiger partial charge is 0.233 e. The molecular weight excluding hydrogens is 362 g/mol. The van der Waals surface area contributed by atoms with E-state index in [-0.39, 0.29) is 5.91 Å². The lowest BCUT2D eigenvalue weighted by atomic mass is 9.63. The van der Waals surface area contributed by atoms with Crippen LogP contribution in [0.25, 0.3) is 0 Å². The second-order valence-electron chi connectivity index (χ2n) is 8.71. The molecule has 0 saturated heterocycles. The minimum atomic E-state index is -0.527. The zero-order valence-electron chi connectivity index (χ0n) is 18.2. The minimum Gasteiger partial charge on any atom is -0.493 e. The average Bonchev–Trinajstić information content (AvgIpc) is 2.75. The van der Waals surface area contributed by atoms with Crippen LogP contribution in [0.3, 0.4) is 0 Å². The summed E-state index contributed by atoms with van der Waals surface area (Å²) in [6, 6.07) is 12.7. The Morgan fingerprint density at radius 2 is 1.66 bits per heavy atom. The van der Waals surface area contributed by atoms with Gasteiger partial charge in [-0.3, -0.25) is 4.79 Å². The predicted octanol–water partition coefficient (Wildman–Crippen LogP) is 4.81. The molecule has 0 aliphatic carbocycles. The van der Waals surface area contributed by atoms with E-state index in [0.717, 1.165) is 49.3 Å². The van der Waals surface area contributed by atoms with Crippen LogP contribution in [0, 0.1) is 0 Å². The molecule has 154 valence electrons. The van der Waals surface area contributed by atoms with Crippen molar-refractivity contribution in [3.05, 3.63) is 58.7 Å². The van der Waals surface area contributed by atoms with Crippen molar-refractivity contribution in [2.45, 2.75) is 57.4 Å². The number of carbonyl (C=O) groups excluding carboxylic acids is 1. The number of hydrogen-bond acceptors (Lipinski definition) is 3. The summed E-state index contributed by atoms with van der Waals surface area (Å²) in [5.41, 5.74) is 3.85. The molecule has 0 aromatic heterocycles. The molecular formula is C25H31NO3. The van der Waals surface area contributed by atoms with Crippen LogP contribution < -0.4 is 9.47 Å². The Hall–Kier alpha value is -2.49. The first-order chi connectivity index (χ1) is 13.9. The van der Waals surface area contributed by atoms with Gasteiger partial charge in [0.25, 0.3) is 0 Å². The number of methoxy groups -OCH3 is 2. The van der Waals surface area contributed by atoms with E-state index < -0.39 is 11.0 Å². The highest BCUT2D eigenvalue weighted by molar-refractivity contribution is 5.92. The predicted molar refractivity (Wildman–Crippen MR) is 115 cm³/mol. The van der Waals surface area contributed by atoms with Gasteiger partial charge in [0, 0.05) is 6.54 Å². The van der Waals surface area contributed by atoms with Gasteiger partial charge in [-0.25, -0.2) is 0 Å². The summed E-state index contributed by atoms with van der Waals surface area (Å²) in [7, 11) is 3.35. The first-order valence-corrected chi connectivity index (χ1v) is 10.6. The maximum absolute atomic E-state index is 13.8. The van der Waals surface area contributed by atoms with Crippen LogP contribution in [-0.2, 0) is 22.2 Å². The van der Waals surface area contributed by atoms with E-state index in [4.69, 9.17) is 9.47 Å². The number of hydrogen-bond donors (Lipinski definition) is 0. The maximum atomic E-state index is 13.8. The van der Waals surface area contributed by atoms with Gasteiger partial charge in [-0.15, -0.1) is 0 Å². The summed E-state index contributed by atoms with van der Waals surface area (Å²) in [6.45, 7) is 7.05. The summed E-state index contributed by atoms with van der Waals surface area (Å²) < 4.78 is 11.2. The molecule has 2 aromatic carbocycles. The van der Waals surface area contributed by atoms with E-state index in [1.807, 2.05) is 0 Å². The van der Waals surface area contributed by atoms with Crippen LogP contribution in [0.5, 0.6) is 11.5 Å². The molecule has 2 aliphatic rings. The highest BCUT2D eigenvalue weighted by atomic mass is 16.5. The normalized spacial score (nSPS) is 21.8. The minimum absolute atomic E-state index is 0.215. The van der Waals surface area contributed by atoms with Gasteiger partial charge >= 0.3 is 0 Å². The van der Waals surface area contributed by atoms with Crippen molar-refractivity contribution < 1.29 is 14.3 Å². The molecule has 0 saturated carbocycles. The molecule has 2 heterocycles. The summed E-state index contributed by atoms with van der Waals surface area (Å²) in [5, 5.41) is 0. The third-order valence-corrected chi connectivity index (χ3v) is 6.84. The van der Waals surface area contributed by atoms with Crippen molar-refractivity contribution in [2.24, 2.45) is 0 Å². The Labute approximate surface area is 173 Å². The molecule has 1 atom stereocenters. The molecule has 4 heteroatoms. The molecule has 0 radical (unpaired) electrons. The van der Waals surface area contributed by atoms with Crippen molar-refractivity contribution in [1.29, 1.82) is 0 Å². The van der Waals surface area contributed by atoms with Gasteiger partial charge < -0.3 is 14.4 Å². The van der Waals surface area contributed by atoms with E-state index in [1.54, 1.807) is 14.2 Å². The largest absolute Gasteiger partial charge is 0.493 e. The molecule has 4 nitrogen and oxygen atoms in total. The molecule has 0 fully saturated rings. The van der Waals surface area contributed by atoms with E-state index in [9.17, 15) is 4.79 Å². The Bertz CT molecular complexity index is 949. The summed E-state index contributed by atoms with van der Waals surface area (Å²) in [4.78, 5) is 15.9. The molecule has 1 unspecified atom stereocenters. The topological polar surface area (TPSA) is 38.8 Å². The van der Waals surface area contributed by atoms with Crippen molar-refractivity contribution in [1.82, 2.24) is 4.90 Å². The van der Waals surface area contributed by atoms with Crippen LogP contribution in [0.15, 0.2) is 36.4 Å². The third-order valence-electron chi connectivity index (χ3n) is 6.84. The molecule has 2 aromatic rings. The average molecular weight is 394 g/mol. The lowest BCUT2D eigenvalue weighted by Crippen LogP contribution is -2.62. The number of carbonyl (C=O) groups is 1.